The van der Waals surface area contributed by atoms with E-state index in [-0.39, 0.29) is 5.56 Å². The SMILES string of the molecule is CNc1ccc(C(O)C(F)F)cc1. The van der Waals surface area contributed by atoms with Crippen molar-refractivity contribution in [2.75, 3.05) is 12.4 Å². The predicted molar refractivity (Wildman–Crippen MR) is 47.0 cm³/mol. The molecule has 72 valence electrons. The number of halogens is 2. The van der Waals surface area contributed by atoms with Crippen LogP contribution in [0.3, 0.4) is 0 Å². The van der Waals surface area contributed by atoms with E-state index in [1.165, 1.54) is 12.1 Å². The van der Waals surface area contributed by atoms with Gasteiger partial charge in [-0.1, -0.05) is 12.1 Å². The lowest BCUT2D eigenvalue weighted by atomic mass is 10.1. The zero-order valence-corrected chi connectivity index (χ0v) is 7.17. The van der Waals surface area contributed by atoms with Crippen LogP contribution in [-0.2, 0) is 0 Å². The lowest BCUT2D eigenvalue weighted by Gasteiger charge is -2.09. The molecule has 2 nitrogen and oxygen atoms in total. The highest BCUT2D eigenvalue weighted by Gasteiger charge is 2.18. The van der Waals surface area contributed by atoms with Gasteiger partial charge < -0.3 is 10.4 Å². The Hall–Kier alpha value is -1.16. The Morgan fingerprint density at radius 2 is 1.77 bits per heavy atom. The fourth-order valence-corrected chi connectivity index (χ4v) is 0.992. The average Bonchev–Trinajstić information content (AvgIpc) is 2.17. The molecule has 0 aliphatic heterocycles. The molecule has 0 heterocycles. The molecule has 0 radical (unpaired) electrons. The van der Waals surface area contributed by atoms with Crippen molar-refractivity contribution in [3.8, 4) is 0 Å². The highest BCUT2D eigenvalue weighted by Crippen LogP contribution is 2.21. The van der Waals surface area contributed by atoms with E-state index in [9.17, 15) is 8.78 Å². The quantitative estimate of drug-likeness (QED) is 0.758. The molecule has 0 saturated carbocycles. The van der Waals surface area contributed by atoms with Gasteiger partial charge in [0.25, 0.3) is 6.43 Å². The molecule has 0 amide bonds. The van der Waals surface area contributed by atoms with Crippen molar-refractivity contribution in [1.82, 2.24) is 0 Å². The van der Waals surface area contributed by atoms with Crippen molar-refractivity contribution in [2.45, 2.75) is 12.5 Å². The maximum Gasteiger partial charge on any atom is 0.268 e. The molecule has 0 aromatic heterocycles. The summed E-state index contributed by atoms with van der Waals surface area (Å²) < 4.78 is 24.1. The summed E-state index contributed by atoms with van der Waals surface area (Å²) in [6.07, 6.45) is -4.42. The molecule has 0 saturated heterocycles. The van der Waals surface area contributed by atoms with Crippen LogP contribution in [0.25, 0.3) is 0 Å². The molecule has 1 atom stereocenters. The second-order valence-electron chi connectivity index (χ2n) is 2.65. The lowest BCUT2D eigenvalue weighted by molar-refractivity contribution is -0.00577. The average molecular weight is 187 g/mol. The van der Waals surface area contributed by atoms with E-state index in [4.69, 9.17) is 5.11 Å². The molecule has 1 rings (SSSR count). The van der Waals surface area contributed by atoms with Gasteiger partial charge in [-0.25, -0.2) is 8.78 Å². The Bertz CT molecular complexity index is 261. The number of rotatable bonds is 3. The second-order valence-corrected chi connectivity index (χ2v) is 2.65. The van der Waals surface area contributed by atoms with E-state index < -0.39 is 12.5 Å². The van der Waals surface area contributed by atoms with Crippen molar-refractivity contribution < 1.29 is 13.9 Å². The highest BCUT2D eigenvalue weighted by molar-refractivity contribution is 5.44. The van der Waals surface area contributed by atoms with Crippen LogP contribution >= 0.6 is 0 Å². The minimum Gasteiger partial charge on any atom is -0.388 e. The molecular weight excluding hydrogens is 176 g/mol. The van der Waals surface area contributed by atoms with Crippen LogP contribution < -0.4 is 5.32 Å². The van der Waals surface area contributed by atoms with Gasteiger partial charge in [0, 0.05) is 12.7 Å². The molecule has 0 bridgehead atoms. The topological polar surface area (TPSA) is 32.3 Å². The van der Waals surface area contributed by atoms with Gasteiger partial charge in [0.2, 0.25) is 0 Å². The number of anilines is 1. The Morgan fingerprint density at radius 1 is 1.23 bits per heavy atom. The van der Waals surface area contributed by atoms with Crippen LogP contribution in [0.15, 0.2) is 24.3 Å². The molecule has 1 unspecified atom stereocenters. The van der Waals surface area contributed by atoms with Crippen molar-refractivity contribution in [3.05, 3.63) is 29.8 Å². The van der Waals surface area contributed by atoms with Gasteiger partial charge in [-0.05, 0) is 17.7 Å². The molecule has 0 aliphatic rings. The molecule has 4 heteroatoms. The lowest BCUT2D eigenvalue weighted by Crippen LogP contribution is -2.07. The Balaban J connectivity index is 2.79. The molecule has 0 spiro atoms. The molecule has 2 N–H and O–H groups in total. The Labute approximate surface area is 75.2 Å². The number of benzene rings is 1. The van der Waals surface area contributed by atoms with Crippen LogP contribution in [0, 0.1) is 0 Å². The summed E-state index contributed by atoms with van der Waals surface area (Å²) >= 11 is 0. The van der Waals surface area contributed by atoms with Gasteiger partial charge in [-0.15, -0.1) is 0 Å². The molecule has 0 fully saturated rings. The highest BCUT2D eigenvalue weighted by atomic mass is 19.3. The fourth-order valence-electron chi connectivity index (χ4n) is 0.992. The van der Waals surface area contributed by atoms with Gasteiger partial charge in [0.1, 0.15) is 6.10 Å². The van der Waals surface area contributed by atoms with E-state index >= 15 is 0 Å². The maximum absolute atomic E-state index is 12.0. The number of alkyl halides is 2. The molecule has 1 aromatic carbocycles. The van der Waals surface area contributed by atoms with Gasteiger partial charge in [-0.3, -0.25) is 0 Å². The third kappa shape index (κ3) is 2.39. The van der Waals surface area contributed by atoms with Gasteiger partial charge >= 0.3 is 0 Å². The number of nitrogens with one attached hydrogen (secondary N) is 1. The Kier molecular flexibility index (Phi) is 3.19. The molecule has 13 heavy (non-hydrogen) atoms. The molecule has 0 aliphatic carbocycles. The first-order chi connectivity index (χ1) is 6.15. The van der Waals surface area contributed by atoms with E-state index in [2.05, 4.69) is 5.32 Å². The van der Waals surface area contributed by atoms with Crippen molar-refractivity contribution in [2.24, 2.45) is 0 Å². The van der Waals surface area contributed by atoms with Gasteiger partial charge in [-0.2, -0.15) is 0 Å². The summed E-state index contributed by atoms with van der Waals surface area (Å²) in [7, 11) is 1.73. The fraction of sp³-hybridized carbons (Fsp3) is 0.333. The first-order valence-electron chi connectivity index (χ1n) is 3.89. The summed E-state index contributed by atoms with van der Waals surface area (Å²) in [4.78, 5) is 0. The maximum atomic E-state index is 12.0. The summed E-state index contributed by atoms with van der Waals surface area (Å²) in [6.45, 7) is 0. The number of hydrogen-bond donors (Lipinski definition) is 2. The van der Waals surface area contributed by atoms with Crippen LogP contribution in [0.2, 0.25) is 0 Å². The van der Waals surface area contributed by atoms with E-state index in [1.807, 2.05) is 0 Å². The minimum atomic E-state index is -2.74. The van der Waals surface area contributed by atoms with E-state index in [0.29, 0.717) is 0 Å². The molecule has 1 aromatic rings. The molecular formula is C9H11F2NO. The smallest absolute Gasteiger partial charge is 0.268 e. The largest absolute Gasteiger partial charge is 0.388 e. The van der Waals surface area contributed by atoms with Crippen LogP contribution in [0.4, 0.5) is 14.5 Å². The normalized spacial score (nSPS) is 13.0. The van der Waals surface area contributed by atoms with Crippen LogP contribution in [0.5, 0.6) is 0 Å². The van der Waals surface area contributed by atoms with Crippen LogP contribution in [-0.4, -0.2) is 18.6 Å². The second kappa shape index (κ2) is 4.18. The minimum absolute atomic E-state index is 0.231. The zero-order valence-electron chi connectivity index (χ0n) is 7.17. The summed E-state index contributed by atoms with van der Waals surface area (Å²) in [6, 6.07) is 6.23. The van der Waals surface area contributed by atoms with Crippen molar-refractivity contribution in [3.63, 3.8) is 0 Å². The summed E-state index contributed by atoms with van der Waals surface area (Å²) in [5, 5.41) is 11.8. The third-order valence-electron chi connectivity index (χ3n) is 1.78. The Morgan fingerprint density at radius 3 is 2.15 bits per heavy atom. The first kappa shape index (κ1) is 9.92. The van der Waals surface area contributed by atoms with Crippen molar-refractivity contribution >= 4 is 5.69 Å². The third-order valence-corrected chi connectivity index (χ3v) is 1.78. The van der Waals surface area contributed by atoms with Crippen molar-refractivity contribution in [1.29, 1.82) is 0 Å². The number of aliphatic hydroxyl groups excluding tert-OH is 1. The predicted octanol–water partition coefficient (Wildman–Crippen LogP) is 2.03. The van der Waals surface area contributed by atoms with Gasteiger partial charge in [0.05, 0.1) is 0 Å². The van der Waals surface area contributed by atoms with E-state index in [1.54, 1.807) is 19.2 Å². The summed E-state index contributed by atoms with van der Waals surface area (Å²) in [5.74, 6) is 0. The number of hydrogen-bond acceptors (Lipinski definition) is 2. The summed E-state index contributed by atoms with van der Waals surface area (Å²) in [5.41, 5.74) is 1.05. The zero-order chi connectivity index (χ0) is 9.84. The monoisotopic (exact) mass is 187 g/mol. The van der Waals surface area contributed by atoms with Crippen LogP contribution in [0.1, 0.15) is 11.7 Å². The van der Waals surface area contributed by atoms with Gasteiger partial charge in [0.15, 0.2) is 0 Å². The standard InChI is InChI=1S/C9H11F2NO/c1-12-7-4-2-6(3-5-7)8(13)9(10)11/h2-5,8-9,12-13H,1H3. The first-order valence-corrected chi connectivity index (χ1v) is 3.89. The van der Waals surface area contributed by atoms with E-state index in [0.717, 1.165) is 5.69 Å². The number of aliphatic hydroxyl groups is 1.